The summed E-state index contributed by atoms with van der Waals surface area (Å²) in [6, 6.07) is 2.72. The van der Waals surface area contributed by atoms with E-state index in [1.54, 1.807) is 0 Å². The highest BCUT2D eigenvalue weighted by Gasteiger charge is 2.30. The van der Waals surface area contributed by atoms with Crippen molar-refractivity contribution in [2.45, 2.75) is 18.6 Å². The monoisotopic (exact) mass is 317 g/mol. The standard InChI is InChI=1S/C14H14F3NO4/c1-2-7-22-13(21)18-11(12(19)20)8-9-3-5-10(6-4-9)14(15,16)17/h2-6,11H,1,7-8H2,(H,18,21)(H,19,20)/t11-/m0/s1. The van der Waals surface area contributed by atoms with Crippen molar-refractivity contribution in [2.24, 2.45) is 0 Å². The molecule has 0 aliphatic carbocycles. The minimum absolute atomic E-state index is 0.0849. The summed E-state index contributed by atoms with van der Waals surface area (Å²) >= 11 is 0. The van der Waals surface area contributed by atoms with Crippen molar-refractivity contribution >= 4 is 12.1 Å². The average molecular weight is 317 g/mol. The summed E-state index contributed by atoms with van der Waals surface area (Å²) in [5, 5.41) is 11.1. The molecule has 0 unspecified atom stereocenters. The van der Waals surface area contributed by atoms with E-state index >= 15 is 0 Å². The highest BCUT2D eigenvalue weighted by Crippen LogP contribution is 2.29. The van der Waals surface area contributed by atoms with Crippen LogP contribution >= 0.6 is 0 Å². The molecular weight excluding hydrogens is 303 g/mol. The SMILES string of the molecule is C=CCOC(=O)N[C@@H](Cc1ccc(C(F)(F)F)cc1)C(=O)O. The number of nitrogens with one attached hydrogen (secondary N) is 1. The molecule has 120 valence electrons. The number of carboxylic acid groups (broad SMARTS) is 1. The summed E-state index contributed by atoms with van der Waals surface area (Å²) in [5.41, 5.74) is -0.495. The Labute approximate surface area is 124 Å². The molecule has 22 heavy (non-hydrogen) atoms. The third-order valence-electron chi connectivity index (χ3n) is 2.64. The van der Waals surface area contributed by atoms with Crippen LogP contribution in [0.3, 0.4) is 0 Å². The molecular formula is C14H14F3NO4. The van der Waals surface area contributed by atoms with Gasteiger partial charge in [0.05, 0.1) is 5.56 Å². The lowest BCUT2D eigenvalue weighted by Gasteiger charge is -2.15. The number of rotatable bonds is 6. The second kappa shape index (κ2) is 7.48. The van der Waals surface area contributed by atoms with Gasteiger partial charge in [0.25, 0.3) is 0 Å². The van der Waals surface area contributed by atoms with Crippen LogP contribution in [-0.2, 0) is 22.1 Å². The van der Waals surface area contributed by atoms with Gasteiger partial charge in [-0.15, -0.1) is 0 Å². The van der Waals surface area contributed by atoms with Gasteiger partial charge in [-0.1, -0.05) is 24.8 Å². The Bertz CT molecular complexity index is 540. The smallest absolute Gasteiger partial charge is 0.416 e. The molecule has 1 amide bonds. The molecule has 8 heteroatoms. The lowest BCUT2D eigenvalue weighted by Crippen LogP contribution is -2.42. The molecule has 1 rings (SSSR count). The number of carbonyl (C=O) groups is 2. The van der Waals surface area contributed by atoms with Gasteiger partial charge in [0, 0.05) is 6.42 Å². The van der Waals surface area contributed by atoms with Gasteiger partial charge in [0.2, 0.25) is 0 Å². The molecule has 0 heterocycles. The van der Waals surface area contributed by atoms with Crippen molar-refractivity contribution in [3.8, 4) is 0 Å². The molecule has 0 aliphatic rings. The van der Waals surface area contributed by atoms with Crippen molar-refractivity contribution in [1.29, 1.82) is 0 Å². The molecule has 0 saturated carbocycles. The van der Waals surface area contributed by atoms with Gasteiger partial charge in [0.1, 0.15) is 12.6 Å². The van der Waals surface area contributed by atoms with Gasteiger partial charge < -0.3 is 15.2 Å². The van der Waals surface area contributed by atoms with Crippen molar-refractivity contribution in [1.82, 2.24) is 5.32 Å². The fourth-order valence-corrected chi connectivity index (χ4v) is 1.58. The number of ether oxygens (including phenoxy) is 1. The number of carbonyl (C=O) groups excluding carboxylic acids is 1. The summed E-state index contributed by atoms with van der Waals surface area (Å²) in [6.45, 7) is 3.24. The van der Waals surface area contributed by atoms with E-state index in [2.05, 4.69) is 16.6 Å². The van der Waals surface area contributed by atoms with Gasteiger partial charge in [-0.2, -0.15) is 13.2 Å². The first kappa shape index (κ1) is 17.5. The maximum atomic E-state index is 12.4. The number of amides is 1. The first-order valence-electron chi connectivity index (χ1n) is 6.17. The number of alkyl carbamates (subject to hydrolysis) is 1. The molecule has 1 atom stereocenters. The molecule has 2 N–H and O–H groups in total. The van der Waals surface area contributed by atoms with Gasteiger partial charge in [-0.05, 0) is 17.7 Å². The fraction of sp³-hybridized carbons (Fsp3) is 0.286. The van der Waals surface area contributed by atoms with Crippen LogP contribution < -0.4 is 5.32 Å². The maximum absolute atomic E-state index is 12.4. The molecule has 5 nitrogen and oxygen atoms in total. The fourth-order valence-electron chi connectivity index (χ4n) is 1.58. The Kier molecular flexibility index (Phi) is 5.97. The van der Waals surface area contributed by atoms with E-state index in [1.807, 2.05) is 0 Å². The molecule has 0 radical (unpaired) electrons. The van der Waals surface area contributed by atoms with E-state index in [4.69, 9.17) is 5.11 Å². The third-order valence-corrected chi connectivity index (χ3v) is 2.64. The van der Waals surface area contributed by atoms with Gasteiger partial charge >= 0.3 is 18.2 Å². The number of hydrogen-bond acceptors (Lipinski definition) is 3. The van der Waals surface area contributed by atoms with Gasteiger partial charge in [-0.3, -0.25) is 0 Å². The predicted molar refractivity (Wildman–Crippen MR) is 71.3 cm³/mol. The summed E-state index contributed by atoms with van der Waals surface area (Å²) < 4.78 is 41.9. The first-order valence-corrected chi connectivity index (χ1v) is 6.17. The Balaban J connectivity index is 2.73. The first-order chi connectivity index (χ1) is 10.2. The number of benzene rings is 1. The average Bonchev–Trinajstić information content (AvgIpc) is 2.44. The molecule has 0 aromatic heterocycles. The van der Waals surface area contributed by atoms with Crippen LogP contribution in [0.15, 0.2) is 36.9 Å². The number of alkyl halides is 3. The van der Waals surface area contributed by atoms with Crippen LogP contribution in [0.1, 0.15) is 11.1 Å². The van der Waals surface area contributed by atoms with Crippen molar-refractivity contribution in [2.75, 3.05) is 6.61 Å². The molecule has 1 aromatic carbocycles. The highest BCUT2D eigenvalue weighted by molar-refractivity contribution is 5.80. The molecule has 1 aromatic rings. The zero-order valence-electron chi connectivity index (χ0n) is 11.4. The summed E-state index contributed by atoms with van der Waals surface area (Å²) in [4.78, 5) is 22.4. The van der Waals surface area contributed by atoms with Crippen LogP contribution in [0.25, 0.3) is 0 Å². The minimum atomic E-state index is -4.46. The predicted octanol–water partition coefficient (Wildman–Crippen LogP) is 2.61. The second-order valence-corrected chi connectivity index (χ2v) is 4.32. The lowest BCUT2D eigenvalue weighted by atomic mass is 10.0. The van der Waals surface area contributed by atoms with E-state index in [9.17, 15) is 22.8 Å². The molecule has 0 bridgehead atoms. The van der Waals surface area contributed by atoms with Gasteiger partial charge in [0.15, 0.2) is 0 Å². The quantitative estimate of drug-likeness (QED) is 0.791. The number of halogens is 3. The molecule has 0 fully saturated rings. The van der Waals surface area contributed by atoms with E-state index in [-0.39, 0.29) is 13.0 Å². The van der Waals surface area contributed by atoms with Crippen LogP contribution in [0, 0.1) is 0 Å². The van der Waals surface area contributed by atoms with E-state index in [0.29, 0.717) is 5.56 Å². The Morgan fingerprint density at radius 1 is 1.32 bits per heavy atom. The molecule has 0 spiro atoms. The topological polar surface area (TPSA) is 75.6 Å². The Morgan fingerprint density at radius 3 is 2.36 bits per heavy atom. The maximum Gasteiger partial charge on any atom is 0.416 e. The summed E-state index contributed by atoms with van der Waals surface area (Å²) in [6.07, 6.45) is -4.27. The molecule has 0 saturated heterocycles. The number of aliphatic carboxylic acids is 1. The zero-order chi connectivity index (χ0) is 16.8. The largest absolute Gasteiger partial charge is 0.480 e. The zero-order valence-corrected chi connectivity index (χ0v) is 11.4. The summed E-state index contributed by atoms with van der Waals surface area (Å²) in [5.74, 6) is -1.32. The van der Waals surface area contributed by atoms with Crippen LogP contribution in [0.5, 0.6) is 0 Å². The van der Waals surface area contributed by atoms with Crippen molar-refractivity contribution < 1.29 is 32.6 Å². The summed E-state index contributed by atoms with van der Waals surface area (Å²) in [7, 11) is 0. The van der Waals surface area contributed by atoms with Crippen LogP contribution in [-0.4, -0.2) is 29.8 Å². The van der Waals surface area contributed by atoms with Crippen LogP contribution in [0.2, 0.25) is 0 Å². The lowest BCUT2D eigenvalue weighted by molar-refractivity contribution is -0.139. The van der Waals surface area contributed by atoms with Crippen molar-refractivity contribution in [3.63, 3.8) is 0 Å². The Hall–Kier alpha value is -2.51. The van der Waals surface area contributed by atoms with Crippen LogP contribution in [0.4, 0.5) is 18.0 Å². The normalized spacial score (nSPS) is 12.3. The van der Waals surface area contributed by atoms with Gasteiger partial charge in [-0.25, -0.2) is 9.59 Å². The number of carboxylic acids is 1. The Morgan fingerprint density at radius 2 is 1.91 bits per heavy atom. The van der Waals surface area contributed by atoms with Crippen molar-refractivity contribution in [3.05, 3.63) is 48.0 Å². The van der Waals surface area contributed by atoms with E-state index in [1.165, 1.54) is 6.08 Å². The minimum Gasteiger partial charge on any atom is -0.480 e. The van der Waals surface area contributed by atoms with E-state index in [0.717, 1.165) is 24.3 Å². The molecule has 0 aliphatic heterocycles. The third kappa shape index (κ3) is 5.47. The second-order valence-electron chi connectivity index (χ2n) is 4.32. The number of hydrogen-bond donors (Lipinski definition) is 2. The highest BCUT2D eigenvalue weighted by atomic mass is 19.4. The van der Waals surface area contributed by atoms with E-state index < -0.39 is 29.8 Å².